The van der Waals surface area contributed by atoms with Crippen molar-refractivity contribution in [2.24, 2.45) is 0 Å². The number of rotatable bonds is 6. The lowest BCUT2D eigenvalue weighted by Crippen LogP contribution is -1.90. The number of aromatic nitrogens is 6. The van der Waals surface area contributed by atoms with E-state index in [1.165, 1.54) is 0 Å². The molecule has 2 rings (SSSR count). The molecule has 0 saturated carbocycles. The van der Waals surface area contributed by atoms with Crippen LogP contribution in [-0.2, 0) is 4.74 Å². The van der Waals surface area contributed by atoms with E-state index in [-0.39, 0.29) is 0 Å². The van der Waals surface area contributed by atoms with Crippen LogP contribution in [0, 0.1) is 0 Å². The van der Waals surface area contributed by atoms with Gasteiger partial charge in [0.25, 0.3) is 0 Å². The fraction of sp³-hybridized carbons (Fsp3) is 0.200. The summed E-state index contributed by atoms with van der Waals surface area (Å²) >= 11 is 0. The van der Waals surface area contributed by atoms with Gasteiger partial charge in [0.05, 0.1) is 13.2 Å². The van der Waals surface area contributed by atoms with Crippen molar-refractivity contribution >= 4 is 12.2 Å². The molecule has 0 atom stereocenters. The summed E-state index contributed by atoms with van der Waals surface area (Å²) in [6, 6.07) is 0. The van der Waals surface area contributed by atoms with Crippen LogP contribution in [0.4, 0.5) is 0 Å². The van der Waals surface area contributed by atoms with Crippen LogP contribution in [0.25, 0.3) is 12.2 Å². The Morgan fingerprint density at radius 2 is 1.47 bits per heavy atom. The van der Waals surface area contributed by atoms with Crippen molar-refractivity contribution in [3.63, 3.8) is 0 Å². The minimum Gasteiger partial charge on any atom is -0.373 e. The van der Waals surface area contributed by atoms with Crippen molar-refractivity contribution in [2.75, 3.05) is 13.2 Å². The van der Waals surface area contributed by atoms with Gasteiger partial charge < -0.3 is 4.74 Å². The van der Waals surface area contributed by atoms with Crippen LogP contribution in [0.3, 0.4) is 0 Å². The van der Waals surface area contributed by atoms with Crippen LogP contribution in [0.5, 0.6) is 0 Å². The fourth-order valence-corrected chi connectivity index (χ4v) is 1.13. The van der Waals surface area contributed by atoms with E-state index >= 15 is 0 Å². The topological polar surface area (TPSA) is 92.4 Å². The Labute approximate surface area is 97.6 Å². The third kappa shape index (κ3) is 3.99. The van der Waals surface area contributed by atoms with Crippen molar-refractivity contribution in [3.05, 3.63) is 35.9 Å². The first kappa shape index (κ1) is 11.2. The number of hydrogen-bond donors (Lipinski definition) is 2. The van der Waals surface area contributed by atoms with E-state index in [0.717, 1.165) is 11.4 Å². The molecule has 0 unspecified atom stereocenters. The molecule has 0 fully saturated rings. The van der Waals surface area contributed by atoms with Gasteiger partial charge in [0.2, 0.25) is 0 Å². The molecule has 2 aromatic rings. The SMILES string of the molecule is C(=Cc1c[nH]nn1)COCC=Cc1c[nH]nn1. The summed E-state index contributed by atoms with van der Waals surface area (Å²) < 4.78 is 5.34. The third-order valence-corrected chi connectivity index (χ3v) is 1.88. The van der Waals surface area contributed by atoms with Crippen molar-refractivity contribution < 1.29 is 4.74 Å². The summed E-state index contributed by atoms with van der Waals surface area (Å²) in [6.45, 7) is 1.05. The summed E-state index contributed by atoms with van der Waals surface area (Å²) in [5, 5.41) is 20.0. The van der Waals surface area contributed by atoms with E-state index in [9.17, 15) is 0 Å². The minimum atomic E-state index is 0.524. The second-order valence-corrected chi connectivity index (χ2v) is 3.14. The van der Waals surface area contributed by atoms with Crippen LogP contribution < -0.4 is 0 Å². The predicted octanol–water partition coefficient (Wildman–Crippen LogP) is 0.666. The number of ether oxygens (including phenoxy) is 1. The molecule has 88 valence electrons. The zero-order valence-electron chi connectivity index (χ0n) is 9.08. The van der Waals surface area contributed by atoms with E-state index in [0.29, 0.717) is 13.2 Å². The second-order valence-electron chi connectivity index (χ2n) is 3.14. The highest BCUT2D eigenvalue weighted by atomic mass is 16.5. The zero-order chi connectivity index (χ0) is 11.8. The number of hydrogen-bond acceptors (Lipinski definition) is 5. The van der Waals surface area contributed by atoms with Crippen molar-refractivity contribution in [3.8, 4) is 0 Å². The lowest BCUT2D eigenvalue weighted by molar-refractivity contribution is 0.195. The van der Waals surface area contributed by atoms with Gasteiger partial charge in [-0.25, -0.2) is 0 Å². The molecule has 2 aromatic heterocycles. The first-order valence-corrected chi connectivity index (χ1v) is 5.09. The van der Waals surface area contributed by atoms with E-state index in [1.807, 2.05) is 24.3 Å². The molecule has 0 aliphatic heterocycles. The Hall–Kier alpha value is -2.28. The monoisotopic (exact) mass is 232 g/mol. The molecule has 0 aliphatic rings. The third-order valence-electron chi connectivity index (χ3n) is 1.88. The van der Waals surface area contributed by atoms with Gasteiger partial charge in [-0.3, -0.25) is 10.2 Å². The number of H-pyrrole nitrogens is 2. The molecule has 0 amide bonds. The molecule has 0 spiro atoms. The largest absolute Gasteiger partial charge is 0.373 e. The molecule has 2 N–H and O–H groups in total. The van der Waals surface area contributed by atoms with Crippen LogP contribution >= 0.6 is 0 Å². The fourth-order valence-electron chi connectivity index (χ4n) is 1.13. The van der Waals surface area contributed by atoms with Gasteiger partial charge >= 0.3 is 0 Å². The van der Waals surface area contributed by atoms with Gasteiger partial charge in [0.1, 0.15) is 11.4 Å². The Bertz CT molecular complexity index is 415. The lowest BCUT2D eigenvalue weighted by Gasteiger charge is -1.93. The van der Waals surface area contributed by atoms with Gasteiger partial charge in [0.15, 0.2) is 0 Å². The molecular weight excluding hydrogens is 220 g/mol. The molecule has 17 heavy (non-hydrogen) atoms. The first-order chi connectivity index (χ1) is 8.45. The van der Waals surface area contributed by atoms with Crippen molar-refractivity contribution in [1.29, 1.82) is 0 Å². The van der Waals surface area contributed by atoms with Crippen LogP contribution in [0.2, 0.25) is 0 Å². The molecule has 7 heteroatoms. The molecule has 0 saturated heterocycles. The second kappa shape index (κ2) is 6.33. The molecule has 0 bridgehead atoms. The van der Waals surface area contributed by atoms with Crippen molar-refractivity contribution in [1.82, 2.24) is 30.8 Å². The lowest BCUT2D eigenvalue weighted by atomic mass is 10.4. The summed E-state index contributed by atoms with van der Waals surface area (Å²) in [6.07, 6.45) is 10.8. The highest BCUT2D eigenvalue weighted by Gasteiger charge is 1.88. The molecule has 7 nitrogen and oxygen atoms in total. The quantitative estimate of drug-likeness (QED) is 0.714. The number of nitrogens with one attached hydrogen (secondary N) is 2. The van der Waals surface area contributed by atoms with Gasteiger partial charge in [-0.1, -0.05) is 22.6 Å². The first-order valence-electron chi connectivity index (χ1n) is 5.09. The number of nitrogens with zero attached hydrogens (tertiary/aromatic N) is 4. The molecule has 0 aromatic carbocycles. The van der Waals surface area contributed by atoms with Crippen LogP contribution in [0.1, 0.15) is 11.4 Å². The smallest absolute Gasteiger partial charge is 0.105 e. The van der Waals surface area contributed by atoms with Crippen LogP contribution in [-0.4, -0.2) is 44.0 Å². The van der Waals surface area contributed by atoms with Gasteiger partial charge in [-0.15, -0.1) is 10.2 Å². The Morgan fingerprint density at radius 1 is 0.941 bits per heavy atom. The van der Waals surface area contributed by atoms with Gasteiger partial charge in [-0.05, 0) is 12.2 Å². The summed E-state index contributed by atoms with van der Waals surface area (Å²) in [5.74, 6) is 0. The van der Waals surface area contributed by atoms with E-state index in [1.54, 1.807) is 12.4 Å². The van der Waals surface area contributed by atoms with E-state index in [2.05, 4.69) is 30.8 Å². The maximum Gasteiger partial charge on any atom is 0.105 e. The summed E-state index contributed by atoms with van der Waals surface area (Å²) in [5.41, 5.74) is 1.57. The zero-order valence-corrected chi connectivity index (χ0v) is 9.08. The van der Waals surface area contributed by atoms with Gasteiger partial charge in [0, 0.05) is 12.4 Å². The Kier molecular flexibility index (Phi) is 4.18. The molecule has 2 heterocycles. The van der Waals surface area contributed by atoms with Crippen molar-refractivity contribution in [2.45, 2.75) is 0 Å². The maximum atomic E-state index is 5.34. The highest BCUT2D eigenvalue weighted by Crippen LogP contribution is 1.94. The maximum absolute atomic E-state index is 5.34. The average Bonchev–Trinajstić information content (AvgIpc) is 3.00. The molecule has 0 radical (unpaired) electrons. The van der Waals surface area contributed by atoms with Crippen LogP contribution in [0.15, 0.2) is 24.5 Å². The van der Waals surface area contributed by atoms with Gasteiger partial charge in [-0.2, -0.15) is 0 Å². The molecular formula is C10H12N6O. The standard InChI is InChI=1S/C10H12N6O/c1(3-9-7-11-15-13-9)5-17-6-2-4-10-8-12-16-14-10/h1-4,7-8H,5-6H2,(H,11,13,15)(H,12,14,16). The Balaban J connectivity index is 1.61. The van der Waals surface area contributed by atoms with E-state index in [4.69, 9.17) is 4.74 Å². The summed E-state index contributed by atoms with van der Waals surface area (Å²) in [4.78, 5) is 0. The Morgan fingerprint density at radius 3 is 1.88 bits per heavy atom. The summed E-state index contributed by atoms with van der Waals surface area (Å²) in [7, 11) is 0. The molecule has 0 aliphatic carbocycles. The minimum absolute atomic E-state index is 0.524. The average molecular weight is 232 g/mol. The predicted molar refractivity (Wildman–Crippen MR) is 61.7 cm³/mol. The highest BCUT2D eigenvalue weighted by molar-refractivity contribution is 5.42. The van der Waals surface area contributed by atoms with E-state index < -0.39 is 0 Å². The normalized spacial score (nSPS) is 11.8. The number of aromatic amines is 2.